The third kappa shape index (κ3) is 7.46. The zero-order valence-corrected chi connectivity index (χ0v) is 9.40. The molecule has 0 N–H and O–H groups in total. The van der Waals surface area contributed by atoms with Gasteiger partial charge in [-0.15, -0.1) is 0 Å². The van der Waals surface area contributed by atoms with E-state index in [4.69, 9.17) is 11.1 Å². The Morgan fingerprint density at radius 3 is 1.88 bits per heavy atom. The standard InChI is InChI=1S/C8H8.N6O2S/c1-2-8-6-4-3-5-7-8;1-3-5-9(7,8)6-4-2/h2-7H,1H2;. The van der Waals surface area contributed by atoms with Crippen LogP contribution in [0.4, 0.5) is 0 Å². The van der Waals surface area contributed by atoms with Gasteiger partial charge in [0.15, 0.2) is 0 Å². The Bertz CT molecular complexity index is 531. The van der Waals surface area contributed by atoms with Gasteiger partial charge in [-0.2, -0.15) is 0 Å². The third-order valence-electron chi connectivity index (χ3n) is 1.31. The van der Waals surface area contributed by atoms with Gasteiger partial charge in [0, 0.05) is 18.9 Å². The molecule has 0 amide bonds. The van der Waals surface area contributed by atoms with Gasteiger partial charge >= 0.3 is 10.2 Å². The predicted octanol–water partition coefficient (Wildman–Crippen LogP) is 3.18. The molecule has 0 aliphatic carbocycles. The molecule has 0 saturated carbocycles. The molecule has 0 spiro atoms. The van der Waals surface area contributed by atoms with E-state index >= 15 is 0 Å². The molecule has 0 aromatic heterocycles. The normalized spacial score (nSPS) is 8.71. The molecule has 8 nitrogen and oxygen atoms in total. The first-order chi connectivity index (χ1) is 8.05. The van der Waals surface area contributed by atoms with E-state index in [0.717, 1.165) is 0 Å². The first-order valence-electron chi connectivity index (χ1n) is 4.11. The third-order valence-corrected chi connectivity index (χ3v) is 1.87. The van der Waals surface area contributed by atoms with Crippen LogP contribution in [0, 0.1) is 0 Å². The summed E-state index contributed by atoms with van der Waals surface area (Å²) >= 11 is 0. The van der Waals surface area contributed by atoms with E-state index in [1.165, 1.54) is 5.56 Å². The van der Waals surface area contributed by atoms with Crippen molar-refractivity contribution in [2.75, 3.05) is 0 Å². The van der Waals surface area contributed by atoms with Crippen LogP contribution < -0.4 is 0 Å². The molecule has 9 heteroatoms. The van der Waals surface area contributed by atoms with Gasteiger partial charge in [0.2, 0.25) is 0 Å². The highest BCUT2D eigenvalue weighted by molar-refractivity contribution is 7.88. The maximum Gasteiger partial charge on any atom is 0.321 e. The molecular formula is C8H8N6O2S. The summed E-state index contributed by atoms with van der Waals surface area (Å²) in [5.74, 6) is 0. The monoisotopic (exact) mass is 252 g/mol. The van der Waals surface area contributed by atoms with Crippen molar-refractivity contribution in [3.05, 3.63) is 63.4 Å². The molecule has 1 aromatic rings. The summed E-state index contributed by atoms with van der Waals surface area (Å²) in [6.45, 7) is 3.63. The van der Waals surface area contributed by atoms with Crippen LogP contribution in [0.5, 0.6) is 0 Å². The Balaban J connectivity index is 0.000000302. The second-order valence-corrected chi connectivity index (χ2v) is 3.63. The molecule has 1 rings (SSSR count). The van der Waals surface area contributed by atoms with Gasteiger partial charge in [-0.1, -0.05) is 43.0 Å². The summed E-state index contributed by atoms with van der Waals surface area (Å²) in [4.78, 5) is 3.80. The van der Waals surface area contributed by atoms with Crippen LogP contribution in [0.15, 0.2) is 45.9 Å². The lowest BCUT2D eigenvalue weighted by atomic mass is 10.2. The van der Waals surface area contributed by atoms with Gasteiger partial charge < -0.3 is 0 Å². The largest absolute Gasteiger partial charge is 0.321 e. The van der Waals surface area contributed by atoms with Gasteiger partial charge in [0.25, 0.3) is 0 Å². The van der Waals surface area contributed by atoms with Crippen LogP contribution >= 0.6 is 0 Å². The average molecular weight is 252 g/mol. The summed E-state index contributed by atoms with van der Waals surface area (Å²) in [6.07, 6.45) is 1.83. The highest BCUT2D eigenvalue weighted by atomic mass is 32.2. The number of nitrogens with zero attached hydrogens (tertiary/aromatic N) is 6. The second kappa shape index (κ2) is 7.77. The maximum atomic E-state index is 9.99. The van der Waals surface area contributed by atoms with E-state index in [2.05, 4.69) is 15.6 Å². The summed E-state index contributed by atoms with van der Waals surface area (Å²) < 4.78 is 24.3. The molecule has 0 aliphatic rings. The summed E-state index contributed by atoms with van der Waals surface area (Å²) in [5.41, 5.74) is 16.2. The van der Waals surface area contributed by atoms with E-state index in [0.29, 0.717) is 0 Å². The minimum absolute atomic E-state index is 1.17. The fourth-order valence-electron chi connectivity index (χ4n) is 0.698. The molecule has 0 bridgehead atoms. The quantitative estimate of drug-likeness (QED) is 0.464. The topological polar surface area (TPSA) is 132 Å². The van der Waals surface area contributed by atoms with Crippen molar-refractivity contribution in [2.45, 2.75) is 0 Å². The molecule has 0 fully saturated rings. The molecular weight excluding hydrogens is 244 g/mol. The van der Waals surface area contributed by atoms with Gasteiger partial charge in [0.1, 0.15) is 0 Å². The molecule has 0 atom stereocenters. The fourth-order valence-corrected chi connectivity index (χ4v) is 0.915. The molecule has 0 radical (unpaired) electrons. The summed E-state index contributed by atoms with van der Waals surface area (Å²) in [5, 5.41) is 0. The Hall–Kier alpha value is -2.47. The first kappa shape index (κ1) is 14.5. The van der Waals surface area contributed by atoms with Gasteiger partial charge in [-0.25, -0.2) is 8.42 Å². The minimum atomic E-state index is -4.27. The van der Waals surface area contributed by atoms with Crippen LogP contribution in [0.1, 0.15) is 5.56 Å². The molecule has 0 heterocycles. The highest BCUT2D eigenvalue weighted by Crippen LogP contribution is 1.97. The van der Waals surface area contributed by atoms with Crippen LogP contribution in [-0.2, 0) is 10.2 Å². The minimum Gasteiger partial charge on any atom is -0.213 e. The van der Waals surface area contributed by atoms with E-state index in [1.54, 1.807) is 0 Å². The number of rotatable bonds is 3. The fraction of sp³-hybridized carbons (Fsp3) is 0. The number of benzene rings is 1. The highest BCUT2D eigenvalue weighted by Gasteiger charge is 1.99. The summed E-state index contributed by atoms with van der Waals surface area (Å²) in [6, 6.07) is 10.0. The van der Waals surface area contributed by atoms with Crippen LogP contribution in [0.2, 0.25) is 0 Å². The molecule has 88 valence electrons. The van der Waals surface area contributed by atoms with Crippen molar-refractivity contribution in [3.8, 4) is 0 Å². The van der Waals surface area contributed by atoms with Crippen molar-refractivity contribution >= 4 is 16.3 Å². The Labute approximate surface area is 97.6 Å². The van der Waals surface area contributed by atoms with E-state index in [-0.39, 0.29) is 0 Å². The molecule has 0 unspecified atom stereocenters. The van der Waals surface area contributed by atoms with E-state index in [1.807, 2.05) is 46.2 Å². The number of azide groups is 1. The lowest BCUT2D eigenvalue weighted by Gasteiger charge is -1.85. The van der Waals surface area contributed by atoms with Crippen LogP contribution in [0.25, 0.3) is 27.0 Å². The van der Waals surface area contributed by atoms with Crippen molar-refractivity contribution in [2.24, 2.45) is 9.04 Å². The summed E-state index contributed by atoms with van der Waals surface area (Å²) in [7, 11) is -4.27. The lowest BCUT2D eigenvalue weighted by molar-refractivity contribution is 0.599. The second-order valence-electron chi connectivity index (χ2n) is 2.40. The van der Waals surface area contributed by atoms with Gasteiger partial charge in [-0.05, 0) is 16.6 Å². The van der Waals surface area contributed by atoms with Crippen molar-refractivity contribution in [1.29, 1.82) is 0 Å². The molecule has 0 saturated heterocycles. The smallest absolute Gasteiger partial charge is 0.213 e. The first-order valence-corrected chi connectivity index (χ1v) is 5.50. The Morgan fingerprint density at radius 1 is 1.12 bits per heavy atom. The zero-order chi connectivity index (χ0) is 13.1. The van der Waals surface area contributed by atoms with E-state index in [9.17, 15) is 8.42 Å². The maximum absolute atomic E-state index is 9.99. The molecule has 0 aliphatic heterocycles. The average Bonchev–Trinajstić information content (AvgIpc) is 2.31. The lowest BCUT2D eigenvalue weighted by Crippen LogP contribution is -1.82. The van der Waals surface area contributed by atoms with Gasteiger partial charge in [-0.3, -0.25) is 0 Å². The zero-order valence-electron chi connectivity index (χ0n) is 8.58. The van der Waals surface area contributed by atoms with Crippen molar-refractivity contribution < 1.29 is 8.42 Å². The number of hydrogen-bond acceptors (Lipinski definition) is 2. The van der Waals surface area contributed by atoms with Crippen molar-refractivity contribution in [3.63, 3.8) is 0 Å². The van der Waals surface area contributed by atoms with Crippen molar-refractivity contribution in [1.82, 2.24) is 0 Å². The molecule has 1 aromatic carbocycles. The van der Waals surface area contributed by atoms with Crippen LogP contribution in [-0.4, -0.2) is 8.42 Å². The SMILES string of the molecule is C=Cc1ccccc1.[N-]=[N+]=NS(=O)(=O)N=[N+]=[N-]. The molecule has 17 heavy (non-hydrogen) atoms. The Kier molecular flexibility index (Phi) is 6.64. The van der Waals surface area contributed by atoms with E-state index < -0.39 is 10.2 Å². The Morgan fingerprint density at radius 2 is 1.59 bits per heavy atom. The predicted molar refractivity (Wildman–Crippen MR) is 63.7 cm³/mol. The van der Waals surface area contributed by atoms with Gasteiger partial charge in [0.05, 0.1) is 0 Å². The number of hydrogen-bond donors (Lipinski definition) is 0. The van der Waals surface area contributed by atoms with Crippen LogP contribution in [0.3, 0.4) is 0 Å².